The third kappa shape index (κ3) is 6.78. The molecule has 0 fully saturated rings. The van der Waals surface area contributed by atoms with Crippen LogP contribution in [0.2, 0.25) is 10.0 Å². The number of hydrazone groups is 1. The summed E-state index contributed by atoms with van der Waals surface area (Å²) in [6.45, 7) is 0.0229. The molecule has 0 radical (unpaired) electrons. The molecular weight excluding hydrogens is 479 g/mol. The maximum atomic E-state index is 12.0. The summed E-state index contributed by atoms with van der Waals surface area (Å²) in [4.78, 5) is 12.0. The first-order valence-corrected chi connectivity index (χ1v) is 10.8. The van der Waals surface area contributed by atoms with Crippen LogP contribution in [-0.4, -0.2) is 42.3 Å². The van der Waals surface area contributed by atoms with Gasteiger partial charge in [-0.3, -0.25) is 4.79 Å². The first-order chi connectivity index (χ1) is 15.5. The van der Waals surface area contributed by atoms with Gasteiger partial charge in [-0.05, 0) is 30.3 Å². The second kappa shape index (κ2) is 11.6. The standard InChI is InChI=1S/C20H18Cl2N4O5S/c1-28-14-5-3-12(17(8-14)29-2)9-23-24-18(27)11-32-20-26-25-19(31-20)10-30-16-6-4-13(21)7-15(16)22/h3-9H,10-11H2,1-2H3,(H,24,27)/b23-9-. The van der Waals surface area contributed by atoms with Crippen molar-refractivity contribution in [1.82, 2.24) is 15.6 Å². The van der Waals surface area contributed by atoms with Crippen LogP contribution < -0.4 is 19.6 Å². The zero-order valence-corrected chi connectivity index (χ0v) is 19.3. The SMILES string of the molecule is COc1ccc(/C=N\NC(=O)CSc2nnc(COc3ccc(Cl)cc3Cl)o2)c(OC)c1. The zero-order chi connectivity index (χ0) is 22.9. The molecule has 0 aliphatic rings. The van der Waals surface area contributed by atoms with E-state index in [2.05, 4.69) is 20.7 Å². The van der Waals surface area contributed by atoms with Crippen molar-refractivity contribution in [3.05, 3.63) is 57.9 Å². The van der Waals surface area contributed by atoms with Gasteiger partial charge in [0.15, 0.2) is 6.61 Å². The smallest absolute Gasteiger partial charge is 0.277 e. The van der Waals surface area contributed by atoms with Crippen LogP contribution in [0.4, 0.5) is 0 Å². The Morgan fingerprint density at radius 1 is 1.16 bits per heavy atom. The Kier molecular flexibility index (Phi) is 8.60. The minimum absolute atomic E-state index is 0.0229. The lowest BCUT2D eigenvalue weighted by molar-refractivity contribution is -0.118. The molecule has 0 bridgehead atoms. The van der Waals surface area contributed by atoms with E-state index in [1.165, 1.54) is 13.3 Å². The number of benzene rings is 2. The van der Waals surface area contributed by atoms with E-state index in [4.69, 9.17) is 41.8 Å². The minimum atomic E-state index is -0.345. The summed E-state index contributed by atoms with van der Waals surface area (Å²) in [7, 11) is 3.10. The van der Waals surface area contributed by atoms with Crippen LogP contribution in [0.1, 0.15) is 11.5 Å². The molecule has 32 heavy (non-hydrogen) atoms. The van der Waals surface area contributed by atoms with E-state index in [0.29, 0.717) is 32.9 Å². The number of halogens is 2. The van der Waals surface area contributed by atoms with Gasteiger partial charge in [0.1, 0.15) is 17.2 Å². The van der Waals surface area contributed by atoms with Gasteiger partial charge >= 0.3 is 0 Å². The van der Waals surface area contributed by atoms with Crippen molar-refractivity contribution in [3.8, 4) is 17.2 Å². The Balaban J connectivity index is 1.45. The van der Waals surface area contributed by atoms with E-state index in [1.54, 1.807) is 43.5 Å². The zero-order valence-electron chi connectivity index (χ0n) is 17.0. The number of hydrogen-bond donors (Lipinski definition) is 1. The molecular formula is C20H18Cl2N4O5S. The van der Waals surface area contributed by atoms with Crippen molar-refractivity contribution in [1.29, 1.82) is 0 Å². The first-order valence-electron chi connectivity index (χ1n) is 9.05. The number of methoxy groups -OCH3 is 2. The molecule has 3 aromatic rings. The third-order valence-corrected chi connectivity index (χ3v) is 5.20. The van der Waals surface area contributed by atoms with Crippen molar-refractivity contribution in [2.24, 2.45) is 5.10 Å². The maximum absolute atomic E-state index is 12.0. The number of thioether (sulfide) groups is 1. The average molecular weight is 497 g/mol. The van der Waals surface area contributed by atoms with E-state index in [-0.39, 0.29) is 29.4 Å². The lowest BCUT2D eigenvalue weighted by Crippen LogP contribution is -2.19. The fraction of sp³-hybridized carbons (Fsp3) is 0.200. The predicted molar refractivity (Wildman–Crippen MR) is 121 cm³/mol. The quantitative estimate of drug-likeness (QED) is 0.252. The summed E-state index contributed by atoms with van der Waals surface area (Å²) >= 11 is 13.0. The molecule has 168 valence electrons. The maximum Gasteiger partial charge on any atom is 0.277 e. The molecule has 0 aliphatic carbocycles. The second-order valence-corrected chi connectivity index (χ2v) is 7.79. The van der Waals surface area contributed by atoms with Crippen LogP contribution >= 0.6 is 35.0 Å². The number of rotatable bonds is 10. The molecule has 0 atom stereocenters. The molecule has 0 saturated carbocycles. The van der Waals surface area contributed by atoms with Gasteiger partial charge in [-0.15, -0.1) is 10.2 Å². The second-order valence-electron chi connectivity index (χ2n) is 6.01. The Hall–Kier alpha value is -2.95. The Labute approximate surface area is 198 Å². The van der Waals surface area contributed by atoms with Gasteiger partial charge in [0, 0.05) is 16.7 Å². The highest BCUT2D eigenvalue weighted by molar-refractivity contribution is 7.99. The van der Waals surface area contributed by atoms with E-state index in [1.807, 2.05) is 0 Å². The molecule has 0 aliphatic heterocycles. The van der Waals surface area contributed by atoms with E-state index in [0.717, 1.165) is 11.8 Å². The number of carbonyl (C=O) groups is 1. The molecule has 1 heterocycles. The van der Waals surface area contributed by atoms with Crippen LogP contribution in [0.15, 0.2) is 51.1 Å². The number of aromatic nitrogens is 2. The molecule has 12 heteroatoms. The topological polar surface area (TPSA) is 108 Å². The van der Waals surface area contributed by atoms with Crippen LogP contribution in [-0.2, 0) is 11.4 Å². The van der Waals surface area contributed by atoms with Crippen LogP contribution in [0.5, 0.6) is 17.2 Å². The fourth-order valence-corrected chi connectivity index (χ4v) is 3.38. The van der Waals surface area contributed by atoms with E-state index >= 15 is 0 Å². The summed E-state index contributed by atoms with van der Waals surface area (Å²) in [5.41, 5.74) is 3.11. The van der Waals surface area contributed by atoms with Gasteiger partial charge in [-0.2, -0.15) is 5.10 Å². The summed E-state index contributed by atoms with van der Waals surface area (Å²) in [6.07, 6.45) is 1.48. The molecule has 1 aromatic heterocycles. The number of nitrogens with one attached hydrogen (secondary N) is 1. The Morgan fingerprint density at radius 2 is 2.00 bits per heavy atom. The van der Waals surface area contributed by atoms with E-state index in [9.17, 15) is 4.79 Å². The number of amides is 1. The predicted octanol–water partition coefficient (Wildman–Crippen LogP) is 4.22. The monoisotopic (exact) mass is 496 g/mol. The number of ether oxygens (including phenoxy) is 3. The molecule has 0 saturated heterocycles. The Morgan fingerprint density at radius 3 is 2.75 bits per heavy atom. The number of hydrogen-bond acceptors (Lipinski definition) is 9. The van der Waals surface area contributed by atoms with Gasteiger partial charge in [-0.25, -0.2) is 5.43 Å². The summed E-state index contributed by atoms with van der Waals surface area (Å²) in [6, 6.07) is 10.1. The van der Waals surface area contributed by atoms with Crippen molar-refractivity contribution >= 4 is 47.1 Å². The number of nitrogens with zero attached hydrogens (tertiary/aromatic N) is 3. The molecule has 9 nitrogen and oxygen atoms in total. The molecule has 2 aromatic carbocycles. The highest BCUT2D eigenvalue weighted by Crippen LogP contribution is 2.28. The lowest BCUT2D eigenvalue weighted by Gasteiger charge is -2.06. The van der Waals surface area contributed by atoms with Crippen molar-refractivity contribution in [3.63, 3.8) is 0 Å². The van der Waals surface area contributed by atoms with Gasteiger partial charge in [0.05, 0.1) is 31.2 Å². The number of carbonyl (C=O) groups excluding carboxylic acids is 1. The van der Waals surface area contributed by atoms with Crippen LogP contribution in [0, 0.1) is 0 Å². The van der Waals surface area contributed by atoms with Crippen molar-refractivity contribution in [2.75, 3.05) is 20.0 Å². The normalized spacial score (nSPS) is 10.9. The molecule has 3 rings (SSSR count). The summed E-state index contributed by atoms with van der Waals surface area (Å²) in [5, 5.41) is 12.8. The first kappa shape index (κ1) is 23.7. The van der Waals surface area contributed by atoms with E-state index < -0.39 is 0 Å². The van der Waals surface area contributed by atoms with Gasteiger partial charge in [0.25, 0.3) is 17.0 Å². The highest BCUT2D eigenvalue weighted by Gasteiger charge is 2.11. The largest absolute Gasteiger partial charge is 0.497 e. The Bertz CT molecular complexity index is 1110. The van der Waals surface area contributed by atoms with Crippen LogP contribution in [0.25, 0.3) is 0 Å². The highest BCUT2D eigenvalue weighted by atomic mass is 35.5. The average Bonchev–Trinajstić information content (AvgIpc) is 3.25. The summed E-state index contributed by atoms with van der Waals surface area (Å²) in [5.74, 6) is 1.58. The van der Waals surface area contributed by atoms with Crippen molar-refractivity contribution in [2.45, 2.75) is 11.8 Å². The lowest BCUT2D eigenvalue weighted by atomic mass is 10.2. The molecule has 1 N–H and O–H groups in total. The van der Waals surface area contributed by atoms with Gasteiger partial charge < -0.3 is 18.6 Å². The third-order valence-electron chi connectivity index (χ3n) is 3.85. The minimum Gasteiger partial charge on any atom is -0.497 e. The fourth-order valence-electron chi connectivity index (χ4n) is 2.35. The molecule has 0 unspecified atom stereocenters. The van der Waals surface area contributed by atoms with Gasteiger partial charge in [-0.1, -0.05) is 35.0 Å². The molecule has 0 spiro atoms. The van der Waals surface area contributed by atoms with Gasteiger partial charge in [0.2, 0.25) is 0 Å². The molecule has 1 amide bonds. The summed E-state index contributed by atoms with van der Waals surface area (Å²) < 4.78 is 21.4. The van der Waals surface area contributed by atoms with Crippen molar-refractivity contribution < 1.29 is 23.4 Å². The van der Waals surface area contributed by atoms with Crippen LogP contribution in [0.3, 0.4) is 0 Å².